The minimum absolute atomic E-state index is 0.435. The Hall–Kier alpha value is -1.40. The summed E-state index contributed by atoms with van der Waals surface area (Å²) >= 11 is 0. The van der Waals surface area contributed by atoms with E-state index < -0.39 is 11.1 Å². The number of aromatic nitrogens is 2. The molecule has 0 aromatic carbocycles. The molecule has 0 saturated heterocycles. The highest BCUT2D eigenvalue weighted by Crippen LogP contribution is 2.26. The number of nitrogens with one attached hydrogen (secondary N) is 1. The fraction of sp³-hybridized carbons (Fsp3) is 0.692. The van der Waals surface area contributed by atoms with Crippen LogP contribution in [-0.2, 0) is 6.54 Å². The van der Waals surface area contributed by atoms with Crippen LogP contribution in [0.25, 0.3) is 0 Å². The molecule has 0 aliphatic heterocycles. The van der Waals surface area contributed by atoms with Gasteiger partial charge in [0.15, 0.2) is 0 Å². The van der Waals surface area contributed by atoms with E-state index in [1.165, 1.54) is 6.33 Å². The van der Waals surface area contributed by atoms with Gasteiger partial charge in [0.1, 0.15) is 6.33 Å². The van der Waals surface area contributed by atoms with Crippen LogP contribution in [-0.4, -0.2) is 40.4 Å². The van der Waals surface area contributed by atoms with Crippen LogP contribution in [0, 0.1) is 0 Å². The Kier molecular flexibility index (Phi) is 4.70. The van der Waals surface area contributed by atoms with Gasteiger partial charge in [-0.05, 0) is 27.7 Å². The van der Waals surface area contributed by atoms with Crippen molar-refractivity contribution in [3.05, 3.63) is 11.9 Å². The van der Waals surface area contributed by atoms with Crippen molar-refractivity contribution in [2.24, 2.45) is 0 Å². The quantitative estimate of drug-likeness (QED) is 0.806. The Morgan fingerprint density at radius 1 is 1.11 bits per heavy atom. The second-order valence-corrected chi connectivity index (χ2v) is 5.41. The monoisotopic (exact) mass is 269 g/mol. The zero-order valence-corrected chi connectivity index (χ0v) is 12.4. The number of methoxy groups -OCH3 is 2. The first-order valence-corrected chi connectivity index (χ1v) is 6.12. The number of hydrogen-bond acceptors (Lipinski definition) is 6. The molecule has 1 aromatic rings. The topological polar surface area (TPSA) is 76.5 Å². The van der Waals surface area contributed by atoms with Gasteiger partial charge in [0.2, 0.25) is 11.8 Å². The van der Waals surface area contributed by atoms with E-state index in [2.05, 4.69) is 15.3 Å². The van der Waals surface area contributed by atoms with Crippen molar-refractivity contribution in [2.45, 2.75) is 45.4 Å². The summed E-state index contributed by atoms with van der Waals surface area (Å²) in [4.78, 5) is 8.11. The summed E-state index contributed by atoms with van der Waals surface area (Å²) in [7, 11) is 3.10. The Balaban J connectivity index is 2.94. The van der Waals surface area contributed by atoms with Gasteiger partial charge in [-0.1, -0.05) is 0 Å². The summed E-state index contributed by atoms with van der Waals surface area (Å²) in [5.74, 6) is 0.928. The third-order valence-corrected chi connectivity index (χ3v) is 3.49. The predicted octanol–water partition coefficient (Wildman–Crippen LogP) is 1.13. The third kappa shape index (κ3) is 3.54. The van der Waals surface area contributed by atoms with Gasteiger partial charge in [-0.3, -0.25) is 0 Å². The van der Waals surface area contributed by atoms with Crippen molar-refractivity contribution in [3.63, 3.8) is 0 Å². The lowest BCUT2D eigenvalue weighted by atomic mass is 9.86. The van der Waals surface area contributed by atoms with Crippen LogP contribution < -0.4 is 14.8 Å². The van der Waals surface area contributed by atoms with E-state index >= 15 is 0 Å². The zero-order chi connectivity index (χ0) is 14.7. The number of rotatable bonds is 6. The molecule has 0 amide bonds. The van der Waals surface area contributed by atoms with Gasteiger partial charge >= 0.3 is 0 Å². The average Bonchev–Trinajstić information content (AvgIpc) is 2.34. The summed E-state index contributed by atoms with van der Waals surface area (Å²) in [5.41, 5.74) is -0.632. The van der Waals surface area contributed by atoms with Gasteiger partial charge in [-0.15, -0.1) is 0 Å². The molecule has 0 radical (unpaired) electrons. The van der Waals surface area contributed by atoms with E-state index in [1.807, 2.05) is 13.8 Å². The second kappa shape index (κ2) is 5.71. The lowest BCUT2D eigenvalue weighted by Crippen LogP contribution is -2.55. The largest absolute Gasteiger partial charge is 0.481 e. The van der Waals surface area contributed by atoms with Crippen molar-refractivity contribution in [1.29, 1.82) is 0 Å². The molecule has 1 aromatic heterocycles. The number of ether oxygens (including phenoxy) is 2. The molecule has 19 heavy (non-hydrogen) atoms. The van der Waals surface area contributed by atoms with E-state index in [1.54, 1.807) is 28.1 Å². The third-order valence-electron chi connectivity index (χ3n) is 3.49. The van der Waals surface area contributed by atoms with Gasteiger partial charge in [0, 0.05) is 12.1 Å². The molecule has 0 unspecified atom stereocenters. The highest BCUT2D eigenvalue weighted by molar-refractivity contribution is 5.34. The number of hydrogen-bond donors (Lipinski definition) is 2. The van der Waals surface area contributed by atoms with Crippen molar-refractivity contribution in [1.82, 2.24) is 15.3 Å². The summed E-state index contributed by atoms with van der Waals surface area (Å²) in [6, 6.07) is 0. The maximum atomic E-state index is 10.1. The summed E-state index contributed by atoms with van der Waals surface area (Å²) in [6.45, 7) is 7.81. The van der Waals surface area contributed by atoms with Crippen molar-refractivity contribution >= 4 is 0 Å². The molecule has 108 valence electrons. The molecule has 6 nitrogen and oxygen atoms in total. The van der Waals surface area contributed by atoms with Crippen molar-refractivity contribution < 1.29 is 14.6 Å². The molecule has 6 heteroatoms. The van der Waals surface area contributed by atoms with Crippen molar-refractivity contribution in [2.75, 3.05) is 14.2 Å². The molecule has 0 spiro atoms. The first-order valence-electron chi connectivity index (χ1n) is 6.12. The molecule has 2 N–H and O–H groups in total. The lowest BCUT2D eigenvalue weighted by molar-refractivity contribution is -0.00551. The smallest absolute Gasteiger partial charge is 0.224 e. The molecule has 0 aliphatic carbocycles. The van der Waals surface area contributed by atoms with Gasteiger partial charge in [-0.2, -0.15) is 0 Å². The van der Waals surface area contributed by atoms with E-state index in [-0.39, 0.29) is 0 Å². The second-order valence-electron chi connectivity index (χ2n) is 5.41. The predicted molar refractivity (Wildman–Crippen MR) is 72.4 cm³/mol. The number of aliphatic hydroxyl groups is 1. The van der Waals surface area contributed by atoms with Gasteiger partial charge in [0.25, 0.3) is 0 Å². The molecule has 0 saturated carbocycles. The molecule has 0 atom stereocenters. The molecular formula is C13H23N3O3. The molecule has 0 aliphatic rings. The van der Waals surface area contributed by atoms with Gasteiger partial charge in [0.05, 0.1) is 25.4 Å². The standard InChI is InChI=1S/C13H23N3O3/c1-12(2,13(3,4)17)16-7-9-10(18-5)14-8-15-11(9)19-6/h8,16-17H,7H2,1-6H3. The lowest BCUT2D eigenvalue weighted by Gasteiger charge is -2.38. The van der Waals surface area contributed by atoms with Crippen LogP contribution in [0.5, 0.6) is 11.8 Å². The molecule has 0 fully saturated rings. The SMILES string of the molecule is COc1ncnc(OC)c1CNC(C)(C)C(C)(C)O. The molecular weight excluding hydrogens is 246 g/mol. The maximum absolute atomic E-state index is 10.1. The van der Waals surface area contributed by atoms with E-state index in [9.17, 15) is 5.11 Å². The van der Waals surface area contributed by atoms with Crippen LogP contribution in [0.1, 0.15) is 33.3 Å². The molecule has 0 bridgehead atoms. The van der Waals surface area contributed by atoms with Crippen LogP contribution in [0.2, 0.25) is 0 Å². The minimum atomic E-state index is -0.872. The average molecular weight is 269 g/mol. The fourth-order valence-electron chi connectivity index (χ4n) is 1.41. The number of nitrogens with zero attached hydrogens (tertiary/aromatic N) is 2. The van der Waals surface area contributed by atoms with Crippen LogP contribution in [0.4, 0.5) is 0 Å². The summed E-state index contributed by atoms with van der Waals surface area (Å²) < 4.78 is 10.4. The summed E-state index contributed by atoms with van der Waals surface area (Å²) in [6.07, 6.45) is 1.39. The first kappa shape index (κ1) is 15.7. The van der Waals surface area contributed by atoms with Gasteiger partial charge < -0.3 is 19.9 Å². The highest BCUT2D eigenvalue weighted by atomic mass is 16.5. The van der Waals surface area contributed by atoms with E-state index in [0.717, 1.165) is 5.56 Å². The molecule has 1 rings (SSSR count). The summed E-state index contributed by atoms with van der Waals surface area (Å²) in [5, 5.41) is 13.4. The van der Waals surface area contributed by atoms with Crippen LogP contribution in [0.3, 0.4) is 0 Å². The zero-order valence-electron chi connectivity index (χ0n) is 12.4. The van der Waals surface area contributed by atoms with E-state index in [4.69, 9.17) is 9.47 Å². The maximum Gasteiger partial charge on any atom is 0.224 e. The molecule has 1 heterocycles. The first-order chi connectivity index (χ1) is 8.73. The van der Waals surface area contributed by atoms with Crippen LogP contribution >= 0.6 is 0 Å². The Labute approximate surface area is 114 Å². The Bertz CT molecular complexity index is 405. The minimum Gasteiger partial charge on any atom is -0.481 e. The van der Waals surface area contributed by atoms with Crippen molar-refractivity contribution in [3.8, 4) is 11.8 Å². The Morgan fingerprint density at radius 2 is 1.58 bits per heavy atom. The fourth-order valence-corrected chi connectivity index (χ4v) is 1.41. The Morgan fingerprint density at radius 3 is 1.95 bits per heavy atom. The normalized spacial score (nSPS) is 12.4. The highest BCUT2D eigenvalue weighted by Gasteiger charge is 2.34. The van der Waals surface area contributed by atoms with Gasteiger partial charge in [-0.25, -0.2) is 9.97 Å². The van der Waals surface area contributed by atoms with Crippen LogP contribution in [0.15, 0.2) is 6.33 Å². The van der Waals surface area contributed by atoms with E-state index in [0.29, 0.717) is 18.3 Å².